The quantitative estimate of drug-likeness (QED) is 0.461. The summed E-state index contributed by atoms with van der Waals surface area (Å²) in [6, 6.07) is 3.78. The van der Waals surface area contributed by atoms with E-state index in [1.54, 1.807) is 0 Å². The van der Waals surface area contributed by atoms with Crippen LogP contribution in [0.4, 0.5) is 5.69 Å². The highest BCUT2D eigenvalue weighted by molar-refractivity contribution is 5.92. The van der Waals surface area contributed by atoms with Crippen molar-refractivity contribution in [2.75, 3.05) is 39.5 Å². The van der Waals surface area contributed by atoms with Crippen molar-refractivity contribution in [1.29, 1.82) is 0 Å². The number of carboxylic acids is 1. The van der Waals surface area contributed by atoms with E-state index in [1.165, 1.54) is 12.1 Å². The van der Waals surface area contributed by atoms with Gasteiger partial charge in [-0.3, -0.25) is 15.0 Å². The first-order chi connectivity index (χ1) is 10.6. The fourth-order valence-electron chi connectivity index (χ4n) is 2.24. The zero-order chi connectivity index (χ0) is 15.9. The second-order valence-corrected chi connectivity index (χ2v) is 4.90. The predicted molar refractivity (Wildman–Crippen MR) is 77.4 cm³/mol. The summed E-state index contributed by atoms with van der Waals surface area (Å²) in [7, 11) is 0. The molecule has 0 aromatic heterocycles. The fraction of sp³-hybridized carbons (Fsp3) is 0.500. The molecular formula is C14H18N2O6. The summed E-state index contributed by atoms with van der Waals surface area (Å²) in [5.41, 5.74) is -0.802. The number of rotatable bonds is 7. The van der Waals surface area contributed by atoms with Crippen molar-refractivity contribution in [1.82, 2.24) is 4.90 Å². The molecule has 1 saturated heterocycles. The average molecular weight is 310 g/mol. The fourth-order valence-corrected chi connectivity index (χ4v) is 2.24. The molecule has 0 saturated carbocycles. The van der Waals surface area contributed by atoms with E-state index < -0.39 is 16.6 Å². The van der Waals surface area contributed by atoms with E-state index in [-0.39, 0.29) is 5.56 Å². The van der Waals surface area contributed by atoms with Crippen LogP contribution in [0.25, 0.3) is 0 Å². The van der Waals surface area contributed by atoms with Gasteiger partial charge in [0.15, 0.2) is 0 Å². The molecule has 0 amide bonds. The lowest BCUT2D eigenvalue weighted by molar-refractivity contribution is -0.385. The molecule has 0 spiro atoms. The van der Waals surface area contributed by atoms with Crippen molar-refractivity contribution in [3.05, 3.63) is 33.9 Å². The van der Waals surface area contributed by atoms with Crippen LogP contribution in [0.3, 0.4) is 0 Å². The van der Waals surface area contributed by atoms with E-state index >= 15 is 0 Å². The summed E-state index contributed by atoms with van der Waals surface area (Å²) in [5, 5.41) is 19.8. The van der Waals surface area contributed by atoms with E-state index in [9.17, 15) is 14.9 Å². The van der Waals surface area contributed by atoms with Crippen LogP contribution in [0.2, 0.25) is 0 Å². The van der Waals surface area contributed by atoms with Gasteiger partial charge in [0.2, 0.25) is 0 Å². The van der Waals surface area contributed by atoms with Gasteiger partial charge >= 0.3 is 5.97 Å². The Hall–Kier alpha value is -2.19. The van der Waals surface area contributed by atoms with E-state index in [0.29, 0.717) is 12.4 Å². The highest BCUT2D eigenvalue weighted by Crippen LogP contribution is 2.24. The van der Waals surface area contributed by atoms with Crippen LogP contribution in [-0.2, 0) is 4.74 Å². The number of nitrogens with zero attached hydrogens (tertiary/aromatic N) is 2. The van der Waals surface area contributed by atoms with Crippen LogP contribution >= 0.6 is 0 Å². The first-order valence-electron chi connectivity index (χ1n) is 7.02. The second-order valence-electron chi connectivity index (χ2n) is 4.90. The molecule has 8 nitrogen and oxygen atoms in total. The molecule has 1 heterocycles. The number of morpholine rings is 1. The smallest absolute Gasteiger partial charge is 0.342 e. The molecule has 0 atom stereocenters. The highest BCUT2D eigenvalue weighted by atomic mass is 16.6. The normalized spacial score (nSPS) is 15.5. The number of carbonyl (C=O) groups is 1. The Bertz CT molecular complexity index is 542. The first kappa shape index (κ1) is 16.2. The monoisotopic (exact) mass is 310 g/mol. The lowest BCUT2D eigenvalue weighted by Crippen LogP contribution is -2.37. The number of ether oxygens (including phenoxy) is 2. The van der Waals surface area contributed by atoms with Crippen LogP contribution < -0.4 is 4.74 Å². The lowest BCUT2D eigenvalue weighted by Gasteiger charge is -2.26. The molecule has 1 N–H and O–H groups in total. The van der Waals surface area contributed by atoms with Crippen molar-refractivity contribution in [2.24, 2.45) is 0 Å². The molecule has 0 radical (unpaired) electrons. The third-order valence-corrected chi connectivity index (χ3v) is 3.39. The lowest BCUT2D eigenvalue weighted by atomic mass is 10.2. The molecule has 2 rings (SSSR count). The maximum Gasteiger partial charge on any atom is 0.342 e. The van der Waals surface area contributed by atoms with E-state index in [1.807, 2.05) is 0 Å². The standard InChI is InChI=1S/C14H18N2O6/c17-14(18)12-3-2-11(10-13(12)16(19)20)22-7-1-4-15-5-8-21-9-6-15/h2-3,10H,1,4-9H2,(H,17,18). The summed E-state index contributed by atoms with van der Waals surface area (Å²) in [6.45, 7) is 4.57. The number of hydrogen-bond acceptors (Lipinski definition) is 6. The highest BCUT2D eigenvalue weighted by Gasteiger charge is 2.20. The van der Waals surface area contributed by atoms with Crippen molar-refractivity contribution in [3.8, 4) is 5.75 Å². The Balaban J connectivity index is 1.86. The van der Waals surface area contributed by atoms with Gasteiger partial charge in [-0.1, -0.05) is 0 Å². The summed E-state index contributed by atoms with van der Waals surface area (Å²) in [6.07, 6.45) is 0.786. The summed E-state index contributed by atoms with van der Waals surface area (Å²) >= 11 is 0. The predicted octanol–water partition coefficient (Wildman–Crippen LogP) is 1.39. The first-order valence-corrected chi connectivity index (χ1v) is 7.02. The van der Waals surface area contributed by atoms with Gasteiger partial charge in [0, 0.05) is 19.6 Å². The van der Waals surface area contributed by atoms with Crippen LogP contribution in [0, 0.1) is 10.1 Å². The maximum atomic E-state index is 10.9. The van der Waals surface area contributed by atoms with Crippen molar-refractivity contribution < 1.29 is 24.3 Å². The Morgan fingerprint density at radius 2 is 2.14 bits per heavy atom. The van der Waals surface area contributed by atoms with Gasteiger partial charge in [0.25, 0.3) is 5.69 Å². The molecule has 0 unspecified atom stereocenters. The third-order valence-electron chi connectivity index (χ3n) is 3.39. The van der Waals surface area contributed by atoms with E-state index in [4.69, 9.17) is 14.6 Å². The molecular weight excluding hydrogens is 292 g/mol. The topological polar surface area (TPSA) is 102 Å². The van der Waals surface area contributed by atoms with Crippen molar-refractivity contribution >= 4 is 11.7 Å². The summed E-state index contributed by atoms with van der Waals surface area (Å²) in [4.78, 5) is 23.3. The van der Waals surface area contributed by atoms with Gasteiger partial charge in [-0.05, 0) is 18.6 Å². The molecule has 22 heavy (non-hydrogen) atoms. The molecule has 0 aliphatic carbocycles. The van der Waals surface area contributed by atoms with Gasteiger partial charge in [0.1, 0.15) is 11.3 Å². The number of hydrogen-bond donors (Lipinski definition) is 1. The second kappa shape index (κ2) is 7.71. The van der Waals surface area contributed by atoms with E-state index in [0.717, 1.165) is 45.3 Å². The molecule has 1 aromatic carbocycles. The summed E-state index contributed by atoms with van der Waals surface area (Å²) in [5.74, 6) is -1.02. The number of aromatic carboxylic acids is 1. The molecule has 1 fully saturated rings. The minimum absolute atomic E-state index is 0.304. The number of nitro benzene ring substituents is 1. The Kier molecular flexibility index (Phi) is 5.68. The largest absolute Gasteiger partial charge is 0.493 e. The molecule has 120 valence electrons. The SMILES string of the molecule is O=C(O)c1ccc(OCCCN2CCOCC2)cc1[N+](=O)[O-]. The van der Waals surface area contributed by atoms with E-state index in [2.05, 4.69) is 4.90 Å². The average Bonchev–Trinajstić information content (AvgIpc) is 2.52. The molecule has 8 heteroatoms. The van der Waals surface area contributed by atoms with Crippen molar-refractivity contribution in [2.45, 2.75) is 6.42 Å². The zero-order valence-corrected chi connectivity index (χ0v) is 12.1. The summed E-state index contributed by atoms with van der Waals surface area (Å²) < 4.78 is 10.7. The van der Waals surface area contributed by atoms with Crippen molar-refractivity contribution in [3.63, 3.8) is 0 Å². The number of carboxylic acid groups (broad SMARTS) is 1. The van der Waals surface area contributed by atoms with Gasteiger partial charge in [0.05, 0.1) is 30.8 Å². The molecule has 1 aromatic rings. The minimum Gasteiger partial charge on any atom is -0.493 e. The Morgan fingerprint density at radius 1 is 1.41 bits per heavy atom. The van der Waals surface area contributed by atoms with Gasteiger partial charge in [-0.15, -0.1) is 0 Å². The maximum absolute atomic E-state index is 10.9. The third kappa shape index (κ3) is 4.40. The minimum atomic E-state index is -1.33. The van der Waals surface area contributed by atoms with Crippen LogP contribution in [0.5, 0.6) is 5.75 Å². The molecule has 1 aliphatic rings. The molecule has 1 aliphatic heterocycles. The van der Waals surface area contributed by atoms with Crippen LogP contribution in [-0.4, -0.2) is 60.4 Å². The van der Waals surface area contributed by atoms with Crippen LogP contribution in [0.1, 0.15) is 16.8 Å². The van der Waals surface area contributed by atoms with Crippen LogP contribution in [0.15, 0.2) is 18.2 Å². The zero-order valence-electron chi connectivity index (χ0n) is 12.1. The van der Waals surface area contributed by atoms with Gasteiger partial charge < -0.3 is 14.6 Å². The van der Waals surface area contributed by atoms with Gasteiger partial charge in [-0.2, -0.15) is 0 Å². The Morgan fingerprint density at radius 3 is 2.77 bits per heavy atom. The molecule has 0 bridgehead atoms. The van der Waals surface area contributed by atoms with Gasteiger partial charge in [-0.25, -0.2) is 4.79 Å². The number of benzene rings is 1. The Labute approximate surface area is 127 Å². The number of nitro groups is 1.